The van der Waals surface area contributed by atoms with Crippen molar-refractivity contribution < 1.29 is 32.6 Å². The number of para-hydroxylation sites is 1. The topological polar surface area (TPSA) is 76.5 Å². The quantitative estimate of drug-likeness (QED) is 0.690. The van der Waals surface area contributed by atoms with Crippen LogP contribution in [0, 0.1) is 0 Å². The summed E-state index contributed by atoms with van der Waals surface area (Å²) in [6, 6.07) is 21.6. The summed E-state index contributed by atoms with van der Waals surface area (Å²) >= 11 is 0. The molecule has 0 amide bonds. The Kier molecular flexibility index (Phi) is 9.01. The van der Waals surface area contributed by atoms with Gasteiger partial charge in [0.15, 0.2) is 0 Å². The molecule has 0 spiro atoms. The molecule has 0 saturated heterocycles. The molecule has 3 rings (SSSR count). The Morgan fingerprint density at radius 3 is 2.11 bits per heavy atom. The number of halogens is 3. The van der Waals surface area contributed by atoms with E-state index in [0.717, 1.165) is 11.1 Å². The fraction of sp³-hybridized carbons (Fsp3) is 0.105. The van der Waals surface area contributed by atoms with Gasteiger partial charge in [0.05, 0.1) is 5.52 Å². The zero-order chi connectivity index (χ0) is 20.1. The molecule has 0 aliphatic heterocycles. The molecule has 0 atom stereocenters. The molecule has 0 fully saturated rings. The van der Waals surface area contributed by atoms with Crippen LogP contribution >= 0.6 is 0 Å². The molecule has 8 heteroatoms. The van der Waals surface area contributed by atoms with Crippen molar-refractivity contribution >= 4 is 23.3 Å². The number of pyridine rings is 1. The van der Waals surface area contributed by atoms with E-state index >= 15 is 0 Å². The molecule has 2 aromatic carbocycles. The Morgan fingerprint density at radius 2 is 1.56 bits per heavy atom. The zero-order valence-electron chi connectivity index (χ0n) is 14.0. The smallest absolute Gasteiger partial charge is 0.475 e. The molecule has 5 nitrogen and oxygen atoms in total. The highest BCUT2D eigenvalue weighted by molar-refractivity contribution is 5.77. The molecule has 0 bridgehead atoms. The Morgan fingerprint density at radius 1 is 1.00 bits per heavy atom. The molecular formula is C19H16F3NO4. The van der Waals surface area contributed by atoms with Gasteiger partial charge >= 0.3 is 12.1 Å². The fourth-order valence-electron chi connectivity index (χ4n) is 1.72. The van der Waals surface area contributed by atoms with E-state index in [9.17, 15) is 18.0 Å². The van der Waals surface area contributed by atoms with Gasteiger partial charge in [0.1, 0.15) is 6.61 Å². The van der Waals surface area contributed by atoms with Crippen molar-refractivity contribution in [2.24, 2.45) is 0 Å². The van der Waals surface area contributed by atoms with Crippen LogP contribution < -0.4 is 0 Å². The van der Waals surface area contributed by atoms with Crippen LogP contribution in [0.4, 0.5) is 13.2 Å². The number of carboxylic acid groups (broad SMARTS) is 1. The number of nitrogens with zero attached hydrogens (tertiary/aromatic N) is 1. The number of benzene rings is 2. The number of hydrogen-bond acceptors (Lipinski definition) is 4. The minimum absolute atomic E-state index is 0.365. The lowest BCUT2D eigenvalue weighted by Crippen LogP contribution is -2.21. The van der Waals surface area contributed by atoms with Crippen LogP contribution in [0.2, 0.25) is 0 Å². The first kappa shape index (κ1) is 21.6. The van der Waals surface area contributed by atoms with E-state index in [1.807, 2.05) is 60.8 Å². The SMILES string of the molecule is O=C(O)C(F)(F)F.O=COCc1ccccc1.c1ccc2ncccc2c1. The van der Waals surface area contributed by atoms with Crippen LogP contribution in [0.15, 0.2) is 72.9 Å². The van der Waals surface area contributed by atoms with Gasteiger partial charge in [-0.15, -0.1) is 0 Å². The minimum atomic E-state index is -5.08. The molecule has 142 valence electrons. The first-order valence-electron chi connectivity index (χ1n) is 7.53. The number of carboxylic acids is 1. The van der Waals surface area contributed by atoms with Crippen LogP contribution in [0.5, 0.6) is 0 Å². The first-order valence-corrected chi connectivity index (χ1v) is 7.53. The number of ether oxygens (including phenoxy) is 1. The summed E-state index contributed by atoms with van der Waals surface area (Å²) in [4.78, 5) is 22.8. The second kappa shape index (κ2) is 11.2. The van der Waals surface area contributed by atoms with Gasteiger partial charge in [-0.2, -0.15) is 13.2 Å². The Balaban J connectivity index is 0.000000207. The second-order valence-electron chi connectivity index (χ2n) is 4.89. The minimum Gasteiger partial charge on any atom is -0.475 e. The van der Waals surface area contributed by atoms with Crippen LogP contribution in [-0.2, 0) is 20.9 Å². The summed E-state index contributed by atoms with van der Waals surface area (Å²) in [6.07, 6.45) is -3.28. The third kappa shape index (κ3) is 9.01. The van der Waals surface area contributed by atoms with Crippen molar-refractivity contribution in [3.63, 3.8) is 0 Å². The van der Waals surface area contributed by atoms with Gasteiger partial charge in [-0.25, -0.2) is 4.79 Å². The van der Waals surface area contributed by atoms with E-state index in [2.05, 4.69) is 21.9 Å². The molecule has 1 aromatic heterocycles. The van der Waals surface area contributed by atoms with Gasteiger partial charge in [0, 0.05) is 11.6 Å². The lowest BCUT2D eigenvalue weighted by molar-refractivity contribution is -0.192. The number of alkyl halides is 3. The number of hydrogen-bond donors (Lipinski definition) is 1. The van der Waals surface area contributed by atoms with Crippen molar-refractivity contribution in [2.75, 3.05) is 0 Å². The van der Waals surface area contributed by atoms with Crippen LogP contribution in [0.3, 0.4) is 0 Å². The maximum Gasteiger partial charge on any atom is 0.490 e. The molecule has 0 saturated carbocycles. The lowest BCUT2D eigenvalue weighted by atomic mass is 10.2. The largest absolute Gasteiger partial charge is 0.490 e. The number of rotatable bonds is 3. The summed E-state index contributed by atoms with van der Waals surface area (Å²) in [5.41, 5.74) is 2.07. The number of carbonyl (C=O) groups is 2. The molecule has 0 aliphatic carbocycles. The van der Waals surface area contributed by atoms with Crippen molar-refractivity contribution in [2.45, 2.75) is 12.8 Å². The summed E-state index contributed by atoms with van der Waals surface area (Å²) in [5, 5.41) is 8.32. The Hall–Kier alpha value is -3.42. The standard InChI is InChI=1S/C9H7N.C8H8O2.C2HF3O2/c1-2-6-9-8(4-1)5-3-7-10-9;9-7-10-6-8-4-2-1-3-5-8;3-2(4,5)1(6)7/h1-7H;1-5,7H,6H2;(H,6,7). The van der Waals surface area contributed by atoms with E-state index in [1.54, 1.807) is 0 Å². The molecule has 3 aromatic rings. The molecule has 0 radical (unpaired) electrons. The normalized spacial score (nSPS) is 9.89. The van der Waals surface area contributed by atoms with E-state index in [0.29, 0.717) is 13.1 Å². The van der Waals surface area contributed by atoms with E-state index < -0.39 is 12.1 Å². The number of fused-ring (bicyclic) bond motifs is 1. The highest BCUT2D eigenvalue weighted by Crippen LogP contribution is 2.13. The number of carbonyl (C=O) groups excluding carboxylic acids is 1. The van der Waals surface area contributed by atoms with Gasteiger partial charge in [0.2, 0.25) is 0 Å². The molecule has 1 heterocycles. The predicted octanol–water partition coefficient (Wildman–Crippen LogP) is 4.23. The van der Waals surface area contributed by atoms with Crippen LogP contribution in [-0.4, -0.2) is 28.7 Å². The monoisotopic (exact) mass is 379 g/mol. The number of aliphatic carboxylic acids is 1. The highest BCUT2D eigenvalue weighted by atomic mass is 19.4. The summed E-state index contributed by atoms with van der Waals surface area (Å²) < 4.78 is 36.3. The zero-order valence-corrected chi connectivity index (χ0v) is 14.0. The lowest BCUT2D eigenvalue weighted by Gasteiger charge is -1.95. The second-order valence-corrected chi connectivity index (χ2v) is 4.89. The Labute approximate surface area is 153 Å². The average molecular weight is 379 g/mol. The van der Waals surface area contributed by atoms with Gasteiger partial charge < -0.3 is 9.84 Å². The summed E-state index contributed by atoms with van der Waals surface area (Å²) in [5.74, 6) is -2.76. The highest BCUT2D eigenvalue weighted by Gasteiger charge is 2.38. The van der Waals surface area contributed by atoms with Gasteiger partial charge in [0.25, 0.3) is 6.47 Å². The van der Waals surface area contributed by atoms with E-state index in [1.165, 1.54) is 5.39 Å². The van der Waals surface area contributed by atoms with Crippen molar-refractivity contribution in [3.05, 3.63) is 78.5 Å². The first-order chi connectivity index (χ1) is 12.8. The fourth-order valence-corrected chi connectivity index (χ4v) is 1.72. The maximum atomic E-state index is 10.6. The van der Waals surface area contributed by atoms with E-state index in [4.69, 9.17) is 9.90 Å². The van der Waals surface area contributed by atoms with Crippen molar-refractivity contribution in [3.8, 4) is 0 Å². The van der Waals surface area contributed by atoms with Crippen molar-refractivity contribution in [1.82, 2.24) is 4.98 Å². The number of aromatic nitrogens is 1. The average Bonchev–Trinajstić information content (AvgIpc) is 2.67. The van der Waals surface area contributed by atoms with Gasteiger partial charge in [-0.1, -0.05) is 54.6 Å². The predicted molar refractivity (Wildman–Crippen MR) is 92.7 cm³/mol. The third-order valence-corrected chi connectivity index (χ3v) is 2.92. The van der Waals surface area contributed by atoms with Crippen LogP contribution in [0.25, 0.3) is 10.9 Å². The van der Waals surface area contributed by atoms with Gasteiger partial charge in [-0.3, -0.25) is 9.78 Å². The summed E-state index contributed by atoms with van der Waals surface area (Å²) in [6.45, 7) is 0.817. The van der Waals surface area contributed by atoms with Gasteiger partial charge in [-0.05, 0) is 17.7 Å². The molecule has 27 heavy (non-hydrogen) atoms. The molecule has 0 aliphatic rings. The third-order valence-electron chi connectivity index (χ3n) is 2.92. The molecule has 1 N–H and O–H groups in total. The summed E-state index contributed by atoms with van der Waals surface area (Å²) in [7, 11) is 0. The Bertz CT molecular complexity index is 773. The van der Waals surface area contributed by atoms with Crippen LogP contribution in [0.1, 0.15) is 5.56 Å². The maximum absolute atomic E-state index is 10.6. The van der Waals surface area contributed by atoms with Crippen molar-refractivity contribution in [1.29, 1.82) is 0 Å². The molecular weight excluding hydrogens is 363 g/mol. The molecule has 0 unspecified atom stereocenters. The van der Waals surface area contributed by atoms with E-state index in [-0.39, 0.29) is 0 Å².